The summed E-state index contributed by atoms with van der Waals surface area (Å²) in [6.45, 7) is 4.43. The van der Waals surface area contributed by atoms with Gasteiger partial charge in [0.25, 0.3) is 0 Å². The lowest BCUT2D eigenvalue weighted by molar-refractivity contribution is 0.953. The lowest BCUT2D eigenvalue weighted by Gasteiger charge is -2.14. The Morgan fingerprint density at radius 1 is 0.235 bits per heavy atom. The molecule has 0 N–H and O–H groups in total. The Bertz CT molecular complexity index is 5460. The van der Waals surface area contributed by atoms with Gasteiger partial charge in [0.15, 0.2) is 11.6 Å². The van der Waals surface area contributed by atoms with Gasteiger partial charge in [0.05, 0.1) is 55.2 Å². The molecule has 6 heterocycles. The van der Waals surface area contributed by atoms with Crippen molar-refractivity contribution in [3.8, 4) is 51.5 Å². The van der Waals surface area contributed by atoms with Crippen molar-refractivity contribution in [3.63, 3.8) is 0 Å². The maximum absolute atomic E-state index is 5.41. The summed E-state index contributed by atoms with van der Waals surface area (Å²) in [5.74, 6) is 1.74. The first-order chi connectivity index (χ1) is 42.0. The van der Waals surface area contributed by atoms with Gasteiger partial charge in [0, 0.05) is 87.7 Å². The smallest absolute Gasteiger partial charge is 0.238 e. The van der Waals surface area contributed by atoms with E-state index >= 15 is 0 Å². The highest BCUT2D eigenvalue weighted by Gasteiger charge is 2.26. The number of aromatic nitrogens is 8. The van der Waals surface area contributed by atoms with E-state index in [4.69, 9.17) is 15.0 Å². The molecule has 8 heteroatoms. The van der Waals surface area contributed by atoms with Crippen molar-refractivity contribution >= 4 is 109 Å². The SMILES string of the molecule is Cc1ccccc1-n1c2ccccc2c2ccc3c4ccccc4n(-c4ccc5c(c4)c4cc(-n6c7ccccc7c7ccc8c9ccccc9n(-c9ccccc9C)c8c76)ccc4n5-c4nc(-c5ccccc5)nc(-c5ccccc5)n4)c3c21. The van der Waals surface area contributed by atoms with Crippen LogP contribution in [0, 0.1) is 13.8 Å². The number of benzene rings is 12. The Balaban J connectivity index is 0.977. The zero-order chi connectivity index (χ0) is 56.0. The van der Waals surface area contributed by atoms with E-state index in [-0.39, 0.29) is 0 Å². The summed E-state index contributed by atoms with van der Waals surface area (Å²) < 4.78 is 12.2. The highest BCUT2D eigenvalue weighted by Crippen LogP contribution is 2.46. The lowest BCUT2D eigenvalue weighted by Crippen LogP contribution is -2.06. The molecule has 0 saturated carbocycles. The molecule has 398 valence electrons. The molecule has 0 aliphatic heterocycles. The number of hydrogen-bond acceptors (Lipinski definition) is 3. The van der Waals surface area contributed by atoms with Gasteiger partial charge < -0.3 is 18.3 Å². The van der Waals surface area contributed by atoms with Crippen LogP contribution in [0.3, 0.4) is 0 Å². The van der Waals surface area contributed by atoms with Crippen LogP contribution in [0.2, 0.25) is 0 Å². The molecule has 8 nitrogen and oxygen atoms in total. The summed E-state index contributed by atoms with van der Waals surface area (Å²) in [6, 6.07) is 96.7. The Hall–Kier alpha value is -11.4. The molecule has 6 aromatic heterocycles. The van der Waals surface area contributed by atoms with E-state index in [2.05, 4.69) is 267 Å². The summed E-state index contributed by atoms with van der Waals surface area (Å²) in [5.41, 5.74) is 19.8. The van der Waals surface area contributed by atoms with E-state index in [1.165, 1.54) is 76.3 Å². The quantitative estimate of drug-likeness (QED) is 0.160. The molecule has 18 aromatic rings. The topological polar surface area (TPSA) is 63.3 Å². The zero-order valence-electron chi connectivity index (χ0n) is 46.5. The molecular formula is C77H50N8. The average Bonchev–Trinajstić information content (AvgIpc) is 1.82. The van der Waals surface area contributed by atoms with Crippen molar-refractivity contribution in [2.24, 2.45) is 0 Å². The number of aryl methyl sites for hydroxylation is 2. The highest BCUT2D eigenvalue weighted by molar-refractivity contribution is 6.26. The monoisotopic (exact) mass is 1090 g/mol. The van der Waals surface area contributed by atoms with E-state index in [1.54, 1.807) is 0 Å². The van der Waals surface area contributed by atoms with E-state index in [9.17, 15) is 0 Å². The molecule has 85 heavy (non-hydrogen) atoms. The second-order valence-corrected chi connectivity index (χ2v) is 22.5. The fourth-order valence-electron chi connectivity index (χ4n) is 14.1. The summed E-state index contributed by atoms with van der Waals surface area (Å²) in [6.07, 6.45) is 0. The molecule has 18 rings (SSSR count). The number of nitrogens with zero attached hydrogens (tertiary/aromatic N) is 8. The summed E-state index contributed by atoms with van der Waals surface area (Å²) in [7, 11) is 0. The summed E-state index contributed by atoms with van der Waals surface area (Å²) >= 11 is 0. The molecule has 0 aliphatic rings. The summed E-state index contributed by atoms with van der Waals surface area (Å²) in [5, 5.41) is 11.7. The molecular weight excluding hydrogens is 1040 g/mol. The Kier molecular flexibility index (Phi) is 10.1. The van der Waals surface area contributed by atoms with Crippen LogP contribution in [0.5, 0.6) is 0 Å². The molecule has 0 saturated heterocycles. The molecule has 0 unspecified atom stereocenters. The third-order valence-electron chi connectivity index (χ3n) is 17.8. The van der Waals surface area contributed by atoms with Gasteiger partial charge in [0.1, 0.15) is 0 Å². The normalized spacial score (nSPS) is 12.1. The van der Waals surface area contributed by atoms with Crippen molar-refractivity contribution in [1.29, 1.82) is 0 Å². The van der Waals surface area contributed by atoms with Crippen LogP contribution in [0.4, 0.5) is 0 Å². The standard InChI is InChI=1S/C77H50N8/c1-47-21-9-15-31-63(47)83-67-35-19-13-29-55(67)59-41-39-57-53-27-11-17-33-65(53)81(71(57)73(59)83)51-37-43-69-61(45-51)62-46-52(38-44-70(62)85(69)77-79-75(49-23-5-3-6-24-49)78-76(80-77)50-25-7-4-8-26-50)82-66-34-18-12-28-54(66)58-40-42-60-56-30-14-20-36-68(56)84(74(60)72(58)82)64-32-16-10-22-48(64)2/h3-46H,1-2H3. The fourth-order valence-corrected chi connectivity index (χ4v) is 14.1. The van der Waals surface area contributed by atoms with Gasteiger partial charge >= 0.3 is 0 Å². The van der Waals surface area contributed by atoms with Gasteiger partial charge in [-0.15, -0.1) is 0 Å². The second-order valence-electron chi connectivity index (χ2n) is 22.5. The van der Waals surface area contributed by atoms with E-state index in [0.717, 1.165) is 77.7 Å². The lowest BCUT2D eigenvalue weighted by atomic mass is 10.1. The predicted molar refractivity (Wildman–Crippen MR) is 352 cm³/mol. The predicted octanol–water partition coefficient (Wildman–Crippen LogP) is 19.3. The van der Waals surface area contributed by atoms with E-state index in [0.29, 0.717) is 17.6 Å². The first-order valence-electron chi connectivity index (χ1n) is 29.0. The van der Waals surface area contributed by atoms with Crippen LogP contribution in [-0.4, -0.2) is 37.8 Å². The molecule has 0 amide bonds. The molecule has 12 aromatic carbocycles. The van der Waals surface area contributed by atoms with Crippen LogP contribution in [0.15, 0.2) is 267 Å². The Morgan fingerprint density at radius 3 is 0.941 bits per heavy atom. The van der Waals surface area contributed by atoms with Gasteiger partial charge in [0.2, 0.25) is 5.95 Å². The van der Waals surface area contributed by atoms with Gasteiger partial charge in [-0.1, -0.05) is 194 Å². The Labute approximate surface area is 487 Å². The van der Waals surface area contributed by atoms with Gasteiger partial charge in [-0.2, -0.15) is 9.97 Å². The number of fused-ring (bicyclic) bond motifs is 17. The number of rotatable bonds is 7. The third kappa shape index (κ3) is 6.82. The van der Waals surface area contributed by atoms with Crippen molar-refractivity contribution in [3.05, 3.63) is 278 Å². The molecule has 0 aliphatic carbocycles. The Morgan fingerprint density at radius 2 is 0.553 bits per heavy atom. The zero-order valence-corrected chi connectivity index (χ0v) is 46.5. The third-order valence-corrected chi connectivity index (χ3v) is 17.8. The maximum atomic E-state index is 5.41. The van der Waals surface area contributed by atoms with Crippen molar-refractivity contribution in [2.45, 2.75) is 13.8 Å². The molecule has 0 atom stereocenters. The molecule has 0 bridgehead atoms. The highest BCUT2D eigenvalue weighted by atomic mass is 15.2. The molecule has 0 fully saturated rings. The number of para-hydroxylation sites is 6. The second kappa shape index (κ2) is 18.1. The molecule has 0 spiro atoms. The molecule has 0 radical (unpaired) electrons. The van der Waals surface area contributed by atoms with Crippen LogP contribution in [0.25, 0.3) is 161 Å². The largest absolute Gasteiger partial charge is 0.307 e. The van der Waals surface area contributed by atoms with Crippen LogP contribution < -0.4 is 0 Å². The first kappa shape index (κ1) is 47.3. The fraction of sp³-hybridized carbons (Fsp3) is 0.0260. The van der Waals surface area contributed by atoms with Crippen LogP contribution in [-0.2, 0) is 0 Å². The van der Waals surface area contributed by atoms with Gasteiger partial charge in [-0.25, -0.2) is 4.98 Å². The van der Waals surface area contributed by atoms with Gasteiger partial charge in [-0.05, 0) is 97.8 Å². The van der Waals surface area contributed by atoms with Crippen molar-refractivity contribution in [2.75, 3.05) is 0 Å². The minimum atomic E-state index is 0.538. The maximum Gasteiger partial charge on any atom is 0.238 e. The average molecular weight is 1090 g/mol. The number of hydrogen-bond donors (Lipinski definition) is 0. The van der Waals surface area contributed by atoms with Gasteiger partial charge in [-0.3, -0.25) is 4.57 Å². The van der Waals surface area contributed by atoms with Crippen molar-refractivity contribution < 1.29 is 0 Å². The summed E-state index contributed by atoms with van der Waals surface area (Å²) in [4.78, 5) is 16.0. The minimum Gasteiger partial charge on any atom is -0.307 e. The van der Waals surface area contributed by atoms with E-state index in [1.807, 2.05) is 36.4 Å². The van der Waals surface area contributed by atoms with Crippen molar-refractivity contribution in [1.82, 2.24) is 37.8 Å². The van der Waals surface area contributed by atoms with Crippen LogP contribution >= 0.6 is 0 Å². The van der Waals surface area contributed by atoms with E-state index < -0.39 is 0 Å². The minimum absolute atomic E-state index is 0.538. The first-order valence-corrected chi connectivity index (χ1v) is 29.0. The van der Waals surface area contributed by atoms with Crippen LogP contribution in [0.1, 0.15) is 11.1 Å².